The smallest absolute Gasteiger partial charge is 0.260 e. The average Bonchev–Trinajstić information content (AvgIpc) is 3.05. The van der Waals surface area contributed by atoms with E-state index < -0.39 is 0 Å². The van der Waals surface area contributed by atoms with Gasteiger partial charge in [-0.2, -0.15) is 4.98 Å². The Balaban J connectivity index is 1.81. The summed E-state index contributed by atoms with van der Waals surface area (Å²) in [7, 11) is 0. The van der Waals surface area contributed by atoms with E-state index in [0.717, 1.165) is 45.1 Å². The van der Waals surface area contributed by atoms with Gasteiger partial charge >= 0.3 is 0 Å². The van der Waals surface area contributed by atoms with Gasteiger partial charge in [0.15, 0.2) is 5.82 Å². The first-order valence-corrected chi connectivity index (χ1v) is 8.79. The zero-order chi connectivity index (χ0) is 14.1. The molecule has 1 aliphatic rings. The Morgan fingerprint density at radius 1 is 1.40 bits per heavy atom. The first-order valence-electron chi connectivity index (χ1n) is 6.38. The predicted molar refractivity (Wildman–Crippen MR) is 85.9 cm³/mol. The van der Waals surface area contributed by atoms with Gasteiger partial charge in [-0.05, 0) is 44.8 Å². The summed E-state index contributed by atoms with van der Waals surface area (Å²) in [5.41, 5.74) is 0.938. The van der Waals surface area contributed by atoms with Crippen LogP contribution < -0.4 is 5.32 Å². The van der Waals surface area contributed by atoms with Crippen molar-refractivity contribution in [3.8, 4) is 11.5 Å². The molecule has 1 aliphatic heterocycles. The normalized spacial score (nSPS) is 18.4. The Bertz CT molecular complexity index is 594. The Morgan fingerprint density at radius 3 is 2.80 bits per heavy atom. The van der Waals surface area contributed by atoms with Crippen LogP contribution in [0.15, 0.2) is 18.2 Å². The van der Waals surface area contributed by atoms with Gasteiger partial charge in [-0.3, -0.25) is 4.90 Å². The third kappa shape index (κ3) is 2.99. The molecule has 0 aromatic carbocycles. The molecule has 0 radical (unpaired) electrons. The molecular formula is C12H14Br2N4OS. The molecule has 2 aromatic rings. The highest BCUT2D eigenvalue weighted by atomic mass is 79.9. The van der Waals surface area contributed by atoms with Gasteiger partial charge in [-0.1, -0.05) is 5.16 Å². The maximum atomic E-state index is 5.41. The molecule has 0 aliphatic carbocycles. The highest BCUT2D eigenvalue weighted by Crippen LogP contribution is 2.38. The van der Waals surface area contributed by atoms with Crippen LogP contribution in [0.2, 0.25) is 0 Å². The molecule has 20 heavy (non-hydrogen) atoms. The highest BCUT2D eigenvalue weighted by Gasteiger charge is 2.23. The molecule has 1 N–H and O–H groups in total. The third-order valence-corrected chi connectivity index (χ3v) is 5.74. The number of rotatable bonds is 3. The molecule has 108 valence electrons. The van der Waals surface area contributed by atoms with Gasteiger partial charge in [0, 0.05) is 26.2 Å². The van der Waals surface area contributed by atoms with Crippen molar-refractivity contribution in [2.24, 2.45) is 0 Å². The summed E-state index contributed by atoms with van der Waals surface area (Å²) in [6.45, 7) is 6.17. The lowest BCUT2D eigenvalue weighted by Gasteiger charge is -2.30. The van der Waals surface area contributed by atoms with E-state index in [9.17, 15) is 0 Å². The number of nitrogens with zero attached hydrogens (tertiary/aromatic N) is 3. The summed E-state index contributed by atoms with van der Waals surface area (Å²) in [6, 6.07) is 2.16. The number of thiophene rings is 1. The molecular weight excluding hydrogens is 408 g/mol. The minimum absolute atomic E-state index is 0.176. The lowest BCUT2D eigenvalue weighted by molar-refractivity contribution is 0.176. The molecule has 1 saturated heterocycles. The molecule has 1 fully saturated rings. The predicted octanol–water partition coefficient (Wildman–Crippen LogP) is 3.29. The fourth-order valence-corrected chi connectivity index (χ4v) is 5.01. The van der Waals surface area contributed by atoms with Crippen LogP contribution in [0.1, 0.15) is 18.8 Å². The third-order valence-electron chi connectivity index (χ3n) is 3.40. The monoisotopic (exact) mass is 420 g/mol. The number of nitrogens with one attached hydrogen (secondary N) is 1. The van der Waals surface area contributed by atoms with Crippen LogP contribution >= 0.6 is 43.2 Å². The lowest BCUT2D eigenvalue weighted by Crippen LogP contribution is -2.44. The number of hydrogen-bond acceptors (Lipinski definition) is 6. The summed E-state index contributed by atoms with van der Waals surface area (Å²) in [5.74, 6) is 1.31. The van der Waals surface area contributed by atoms with Gasteiger partial charge in [0.25, 0.3) is 5.89 Å². The van der Waals surface area contributed by atoms with E-state index in [-0.39, 0.29) is 6.04 Å². The maximum absolute atomic E-state index is 5.41. The van der Waals surface area contributed by atoms with Crippen molar-refractivity contribution in [2.45, 2.75) is 13.0 Å². The molecule has 5 nitrogen and oxygen atoms in total. The molecule has 1 atom stereocenters. The first kappa shape index (κ1) is 14.6. The molecule has 3 heterocycles. The van der Waals surface area contributed by atoms with Crippen molar-refractivity contribution >= 4 is 43.2 Å². The zero-order valence-electron chi connectivity index (χ0n) is 10.9. The highest BCUT2D eigenvalue weighted by molar-refractivity contribution is 9.12. The molecule has 2 aromatic heterocycles. The standard InChI is InChI=1S/C12H14Br2N4OS/c1-7(18-4-2-15-3-5-18)11-16-12(19-17-11)8-6-9(13)20-10(8)14/h6-7,15H,2-5H2,1H3. The van der Waals surface area contributed by atoms with Crippen LogP contribution in [-0.4, -0.2) is 41.2 Å². The van der Waals surface area contributed by atoms with Gasteiger partial charge in [0.1, 0.15) is 0 Å². The van der Waals surface area contributed by atoms with Crippen LogP contribution in [0.4, 0.5) is 0 Å². The van der Waals surface area contributed by atoms with E-state index in [2.05, 4.69) is 59.1 Å². The van der Waals surface area contributed by atoms with Gasteiger partial charge < -0.3 is 9.84 Å². The SMILES string of the molecule is CC(c1noc(-c2cc(Br)sc2Br)n1)N1CCNCC1. The average molecular weight is 422 g/mol. The largest absolute Gasteiger partial charge is 0.334 e. The van der Waals surface area contributed by atoms with Crippen LogP contribution in [0.3, 0.4) is 0 Å². The van der Waals surface area contributed by atoms with Crippen molar-refractivity contribution in [2.75, 3.05) is 26.2 Å². The Morgan fingerprint density at radius 2 is 2.15 bits per heavy atom. The van der Waals surface area contributed by atoms with E-state index in [1.807, 2.05) is 6.07 Å². The van der Waals surface area contributed by atoms with Crippen molar-refractivity contribution in [1.29, 1.82) is 0 Å². The van der Waals surface area contributed by atoms with E-state index in [1.165, 1.54) is 0 Å². The van der Waals surface area contributed by atoms with E-state index >= 15 is 0 Å². The van der Waals surface area contributed by atoms with Crippen LogP contribution in [0.5, 0.6) is 0 Å². The molecule has 3 rings (SSSR count). The summed E-state index contributed by atoms with van der Waals surface area (Å²) in [6.07, 6.45) is 0. The van der Waals surface area contributed by atoms with E-state index in [4.69, 9.17) is 4.52 Å². The van der Waals surface area contributed by atoms with Gasteiger partial charge in [-0.25, -0.2) is 0 Å². The van der Waals surface area contributed by atoms with Crippen LogP contribution in [0, 0.1) is 0 Å². The second kappa shape index (κ2) is 6.23. The second-order valence-corrected chi connectivity index (χ2v) is 8.41. The zero-order valence-corrected chi connectivity index (χ0v) is 14.9. The van der Waals surface area contributed by atoms with Crippen molar-refractivity contribution in [3.63, 3.8) is 0 Å². The van der Waals surface area contributed by atoms with Crippen LogP contribution in [0.25, 0.3) is 11.5 Å². The summed E-state index contributed by atoms with van der Waals surface area (Å²) in [5, 5.41) is 7.48. The number of halogens is 2. The number of piperazine rings is 1. The maximum Gasteiger partial charge on any atom is 0.260 e. The summed E-state index contributed by atoms with van der Waals surface area (Å²) < 4.78 is 7.44. The summed E-state index contributed by atoms with van der Waals surface area (Å²) in [4.78, 5) is 6.91. The van der Waals surface area contributed by atoms with Crippen molar-refractivity contribution in [3.05, 3.63) is 19.5 Å². The van der Waals surface area contributed by atoms with E-state index in [1.54, 1.807) is 11.3 Å². The van der Waals surface area contributed by atoms with Gasteiger partial charge in [0.2, 0.25) is 0 Å². The Kier molecular flexibility index (Phi) is 4.56. The van der Waals surface area contributed by atoms with Crippen LogP contribution in [-0.2, 0) is 0 Å². The molecule has 1 unspecified atom stereocenters. The van der Waals surface area contributed by atoms with Crippen molar-refractivity contribution < 1.29 is 4.52 Å². The minimum atomic E-state index is 0.176. The van der Waals surface area contributed by atoms with E-state index in [0.29, 0.717) is 5.89 Å². The summed E-state index contributed by atoms with van der Waals surface area (Å²) >= 11 is 8.58. The fourth-order valence-electron chi connectivity index (χ4n) is 2.23. The molecule has 0 saturated carbocycles. The number of hydrogen-bond donors (Lipinski definition) is 1. The lowest BCUT2D eigenvalue weighted by atomic mass is 10.2. The quantitative estimate of drug-likeness (QED) is 0.823. The second-order valence-electron chi connectivity index (χ2n) is 4.66. The van der Waals surface area contributed by atoms with Gasteiger partial charge in [0.05, 0.1) is 19.2 Å². The molecule has 8 heteroatoms. The minimum Gasteiger partial charge on any atom is -0.334 e. The van der Waals surface area contributed by atoms with Crippen molar-refractivity contribution in [1.82, 2.24) is 20.4 Å². The fraction of sp³-hybridized carbons (Fsp3) is 0.500. The molecule has 0 bridgehead atoms. The Hall–Kier alpha value is -0.280. The Labute approximate surface area is 138 Å². The first-order chi connectivity index (χ1) is 9.65. The topological polar surface area (TPSA) is 54.2 Å². The number of aromatic nitrogens is 2. The molecule has 0 amide bonds. The van der Waals surface area contributed by atoms with Gasteiger partial charge in [-0.15, -0.1) is 11.3 Å². The molecule has 0 spiro atoms.